The molecule has 0 radical (unpaired) electrons. The summed E-state index contributed by atoms with van der Waals surface area (Å²) in [6, 6.07) is 4.42. The van der Waals surface area contributed by atoms with Crippen molar-refractivity contribution in [2.45, 2.75) is 51.2 Å². The smallest absolute Gasteiger partial charge is 0.230 e. The fourth-order valence-electron chi connectivity index (χ4n) is 3.46. The maximum absolute atomic E-state index is 10.2. The van der Waals surface area contributed by atoms with Crippen molar-refractivity contribution in [1.29, 1.82) is 0 Å². The van der Waals surface area contributed by atoms with Gasteiger partial charge in [0.1, 0.15) is 5.00 Å². The maximum atomic E-state index is 10.2. The van der Waals surface area contributed by atoms with Crippen LogP contribution in [0.5, 0.6) is 0 Å². The molecule has 1 fully saturated rings. The van der Waals surface area contributed by atoms with E-state index in [0.29, 0.717) is 12.0 Å². The van der Waals surface area contributed by atoms with Crippen LogP contribution in [0.3, 0.4) is 0 Å². The van der Waals surface area contributed by atoms with E-state index in [0.717, 1.165) is 52.4 Å². The second kappa shape index (κ2) is 6.75. The second-order valence-electron chi connectivity index (χ2n) is 7.30. The number of nitrogens with one attached hydrogen (secondary N) is 1. The van der Waals surface area contributed by atoms with E-state index in [2.05, 4.69) is 32.0 Å². The minimum absolute atomic E-state index is 0.383. The van der Waals surface area contributed by atoms with Gasteiger partial charge >= 0.3 is 0 Å². The SMILES string of the molecule is Cc1cc(Nc2nc(N(C)C3CCC(C)(O)CC3)c3sccc3n2)sn1. The first kappa shape index (κ1) is 17.6. The minimum Gasteiger partial charge on any atom is -0.390 e. The highest BCUT2D eigenvalue weighted by Crippen LogP contribution is 2.36. The molecule has 4 rings (SSSR count). The molecule has 2 N–H and O–H groups in total. The Morgan fingerprint density at radius 3 is 2.77 bits per heavy atom. The average molecular weight is 390 g/mol. The molecule has 3 heterocycles. The van der Waals surface area contributed by atoms with Gasteiger partial charge in [-0.15, -0.1) is 11.3 Å². The molecule has 0 bridgehead atoms. The number of aryl methyl sites for hydroxylation is 1. The summed E-state index contributed by atoms with van der Waals surface area (Å²) in [5, 5.41) is 16.5. The van der Waals surface area contributed by atoms with Gasteiger partial charge in [0.2, 0.25) is 5.95 Å². The van der Waals surface area contributed by atoms with E-state index in [-0.39, 0.29) is 0 Å². The quantitative estimate of drug-likeness (QED) is 0.692. The number of fused-ring (bicyclic) bond motifs is 1. The first-order valence-corrected chi connectivity index (χ1v) is 10.5. The summed E-state index contributed by atoms with van der Waals surface area (Å²) < 4.78 is 5.41. The van der Waals surface area contributed by atoms with Gasteiger partial charge < -0.3 is 15.3 Å². The van der Waals surface area contributed by atoms with Crippen LogP contribution in [0.4, 0.5) is 16.8 Å². The lowest BCUT2D eigenvalue weighted by atomic mass is 9.83. The predicted octanol–water partition coefficient (Wildman–Crippen LogP) is 4.33. The summed E-state index contributed by atoms with van der Waals surface area (Å²) in [7, 11) is 2.10. The van der Waals surface area contributed by atoms with Crippen molar-refractivity contribution in [2.75, 3.05) is 17.3 Å². The zero-order valence-corrected chi connectivity index (χ0v) is 16.8. The van der Waals surface area contributed by atoms with Gasteiger partial charge in [-0.05, 0) is 68.6 Å². The molecule has 6 nitrogen and oxygen atoms in total. The molecular formula is C18H23N5OS2. The topological polar surface area (TPSA) is 74.2 Å². The lowest BCUT2D eigenvalue weighted by Gasteiger charge is -2.38. The number of thiophene rings is 1. The Morgan fingerprint density at radius 1 is 1.31 bits per heavy atom. The van der Waals surface area contributed by atoms with Crippen molar-refractivity contribution < 1.29 is 5.11 Å². The number of aromatic nitrogens is 3. The molecule has 0 aliphatic heterocycles. The standard InChI is InChI=1S/C18H23N5OS2/c1-11-10-14(26-22-11)20-17-19-13-6-9-25-15(13)16(21-17)23(3)12-4-7-18(2,24)8-5-12/h6,9-10,12,24H,4-5,7-8H2,1-3H3,(H,19,20,21). The van der Waals surface area contributed by atoms with Crippen LogP contribution >= 0.6 is 22.9 Å². The summed E-state index contributed by atoms with van der Waals surface area (Å²) in [5.74, 6) is 1.56. The van der Waals surface area contributed by atoms with Crippen molar-refractivity contribution in [3.05, 3.63) is 23.2 Å². The zero-order chi connectivity index (χ0) is 18.3. The van der Waals surface area contributed by atoms with Crippen molar-refractivity contribution in [1.82, 2.24) is 14.3 Å². The average Bonchev–Trinajstić information content (AvgIpc) is 3.22. The van der Waals surface area contributed by atoms with Crippen LogP contribution in [0.15, 0.2) is 17.5 Å². The van der Waals surface area contributed by atoms with Gasteiger partial charge in [-0.1, -0.05) is 0 Å². The summed E-state index contributed by atoms with van der Waals surface area (Å²) in [6.45, 7) is 3.91. The number of hydrogen-bond acceptors (Lipinski definition) is 8. The van der Waals surface area contributed by atoms with Crippen LogP contribution in [0.25, 0.3) is 10.2 Å². The third-order valence-corrected chi connectivity index (χ3v) is 6.76. The monoisotopic (exact) mass is 389 g/mol. The fourth-order valence-corrected chi connectivity index (χ4v) is 4.98. The molecule has 0 spiro atoms. The molecule has 0 amide bonds. The van der Waals surface area contributed by atoms with Crippen LogP contribution in [0.1, 0.15) is 38.3 Å². The van der Waals surface area contributed by atoms with E-state index in [9.17, 15) is 5.11 Å². The molecule has 1 aliphatic carbocycles. The molecule has 0 saturated heterocycles. The molecule has 26 heavy (non-hydrogen) atoms. The number of nitrogens with zero attached hydrogens (tertiary/aromatic N) is 4. The van der Waals surface area contributed by atoms with Gasteiger partial charge in [0.15, 0.2) is 5.82 Å². The van der Waals surface area contributed by atoms with E-state index in [1.165, 1.54) is 11.5 Å². The van der Waals surface area contributed by atoms with Crippen LogP contribution in [-0.2, 0) is 0 Å². The van der Waals surface area contributed by atoms with Gasteiger partial charge in [-0.3, -0.25) is 0 Å². The van der Waals surface area contributed by atoms with Gasteiger partial charge in [0.05, 0.1) is 21.5 Å². The first-order valence-electron chi connectivity index (χ1n) is 8.82. The van der Waals surface area contributed by atoms with Gasteiger partial charge in [0.25, 0.3) is 0 Å². The molecule has 3 aromatic heterocycles. The molecule has 1 aliphatic rings. The number of anilines is 3. The normalized spacial score (nSPS) is 23.3. The molecule has 1 saturated carbocycles. The van der Waals surface area contributed by atoms with E-state index < -0.39 is 5.60 Å². The Morgan fingerprint density at radius 2 is 2.08 bits per heavy atom. The van der Waals surface area contributed by atoms with Gasteiger partial charge in [0, 0.05) is 13.1 Å². The van der Waals surface area contributed by atoms with Gasteiger partial charge in [-0.2, -0.15) is 9.36 Å². The Bertz CT molecular complexity index is 909. The van der Waals surface area contributed by atoms with Crippen molar-refractivity contribution in [3.8, 4) is 0 Å². The number of aliphatic hydroxyl groups is 1. The van der Waals surface area contributed by atoms with Crippen LogP contribution in [0, 0.1) is 6.92 Å². The van der Waals surface area contributed by atoms with Crippen LogP contribution < -0.4 is 10.2 Å². The number of hydrogen-bond donors (Lipinski definition) is 2. The van der Waals surface area contributed by atoms with Crippen molar-refractivity contribution >= 4 is 49.9 Å². The Balaban J connectivity index is 1.64. The fraction of sp³-hybridized carbons (Fsp3) is 0.500. The van der Waals surface area contributed by atoms with E-state index in [1.54, 1.807) is 11.3 Å². The van der Waals surface area contributed by atoms with E-state index in [4.69, 9.17) is 4.98 Å². The maximum Gasteiger partial charge on any atom is 0.230 e. The third-order valence-electron chi connectivity index (χ3n) is 5.06. The Labute approximate surface area is 161 Å². The van der Waals surface area contributed by atoms with Gasteiger partial charge in [-0.25, -0.2) is 4.98 Å². The highest BCUT2D eigenvalue weighted by Gasteiger charge is 2.31. The molecule has 8 heteroatoms. The van der Waals surface area contributed by atoms with Crippen LogP contribution in [0.2, 0.25) is 0 Å². The van der Waals surface area contributed by atoms with E-state index >= 15 is 0 Å². The molecule has 3 aromatic rings. The lowest BCUT2D eigenvalue weighted by molar-refractivity contribution is 0.0174. The first-order chi connectivity index (χ1) is 12.4. The van der Waals surface area contributed by atoms with Crippen LogP contribution in [-0.4, -0.2) is 38.1 Å². The van der Waals surface area contributed by atoms with Crippen molar-refractivity contribution in [3.63, 3.8) is 0 Å². The third kappa shape index (κ3) is 3.54. The molecule has 0 aromatic carbocycles. The predicted molar refractivity (Wildman–Crippen MR) is 109 cm³/mol. The highest BCUT2D eigenvalue weighted by molar-refractivity contribution is 7.17. The lowest BCUT2D eigenvalue weighted by Crippen LogP contribution is -2.41. The summed E-state index contributed by atoms with van der Waals surface area (Å²) in [6.07, 6.45) is 3.59. The van der Waals surface area contributed by atoms with Crippen molar-refractivity contribution in [2.24, 2.45) is 0 Å². The highest BCUT2D eigenvalue weighted by atomic mass is 32.1. The molecule has 0 unspecified atom stereocenters. The minimum atomic E-state index is -0.530. The number of rotatable bonds is 4. The second-order valence-corrected chi connectivity index (χ2v) is 9.02. The molecule has 0 atom stereocenters. The summed E-state index contributed by atoms with van der Waals surface area (Å²) >= 11 is 3.09. The summed E-state index contributed by atoms with van der Waals surface area (Å²) in [4.78, 5) is 11.7. The summed E-state index contributed by atoms with van der Waals surface area (Å²) in [5.41, 5.74) is 1.41. The zero-order valence-electron chi connectivity index (χ0n) is 15.2. The van der Waals surface area contributed by atoms with E-state index in [1.807, 2.05) is 26.0 Å². The molecular weight excluding hydrogens is 366 g/mol. The largest absolute Gasteiger partial charge is 0.390 e. The Hall–Kier alpha value is -1.77. The molecule has 138 valence electrons. The Kier molecular flexibility index (Phi) is 4.58.